The van der Waals surface area contributed by atoms with E-state index in [0.717, 1.165) is 83.0 Å². The number of nitrogens with zero attached hydrogens (tertiary/aromatic N) is 3. The summed E-state index contributed by atoms with van der Waals surface area (Å²) in [7, 11) is 2.21. The van der Waals surface area contributed by atoms with Crippen molar-refractivity contribution in [1.29, 1.82) is 0 Å². The molecule has 3 aliphatic rings. The second-order valence-electron chi connectivity index (χ2n) is 12.9. The molecule has 7 heteroatoms. The van der Waals surface area contributed by atoms with Gasteiger partial charge in [-0.2, -0.15) is 0 Å². The molecule has 2 fully saturated rings. The lowest BCUT2D eigenvalue weighted by Crippen LogP contribution is -2.45. The lowest BCUT2D eigenvalue weighted by atomic mass is 9.95. The number of benzene rings is 2. The maximum Gasteiger partial charge on any atom is 0.130 e. The largest absolute Gasteiger partial charge is 0.372 e. The first-order chi connectivity index (χ1) is 21.6. The van der Waals surface area contributed by atoms with Gasteiger partial charge >= 0.3 is 0 Å². The molecule has 1 saturated heterocycles. The van der Waals surface area contributed by atoms with Crippen molar-refractivity contribution in [2.75, 3.05) is 46.3 Å². The molecule has 0 spiro atoms. The minimum Gasteiger partial charge on any atom is -0.372 e. The van der Waals surface area contributed by atoms with Gasteiger partial charge in [0.15, 0.2) is 0 Å². The van der Waals surface area contributed by atoms with Crippen LogP contribution in [0.5, 0.6) is 0 Å². The monoisotopic (exact) mass is 597 g/mol. The molecule has 2 aromatic rings. The first-order valence-corrected chi connectivity index (χ1v) is 17.1. The van der Waals surface area contributed by atoms with E-state index >= 15 is 0 Å². The molecule has 2 heterocycles. The highest BCUT2D eigenvalue weighted by atomic mass is 15.3. The first kappa shape index (κ1) is 32.3. The minimum atomic E-state index is 0.425. The maximum absolute atomic E-state index is 5.10. The van der Waals surface area contributed by atoms with Crippen LogP contribution in [0.3, 0.4) is 0 Å². The van der Waals surface area contributed by atoms with E-state index in [2.05, 4.69) is 112 Å². The van der Waals surface area contributed by atoms with Crippen LogP contribution < -0.4 is 21.3 Å². The quantitative estimate of drug-likeness (QED) is 0.233. The van der Waals surface area contributed by atoms with Crippen LogP contribution in [0.2, 0.25) is 0 Å². The summed E-state index contributed by atoms with van der Waals surface area (Å²) in [6.45, 7) is 11.3. The summed E-state index contributed by atoms with van der Waals surface area (Å²) < 4.78 is 0. The van der Waals surface area contributed by atoms with Crippen molar-refractivity contribution in [3.8, 4) is 0 Å². The zero-order valence-corrected chi connectivity index (χ0v) is 27.2. The highest BCUT2D eigenvalue weighted by Crippen LogP contribution is 2.24. The number of hydrogen-bond acceptors (Lipinski definition) is 7. The average molecular weight is 598 g/mol. The fourth-order valence-electron chi connectivity index (χ4n) is 6.38. The van der Waals surface area contributed by atoms with E-state index in [1.165, 1.54) is 60.9 Å². The van der Waals surface area contributed by atoms with E-state index < -0.39 is 0 Å². The Morgan fingerprint density at radius 1 is 0.773 bits per heavy atom. The molecule has 44 heavy (non-hydrogen) atoms. The number of amidine groups is 1. The summed E-state index contributed by atoms with van der Waals surface area (Å²) in [5.74, 6) is 2.28. The normalized spacial score (nSPS) is 23.8. The van der Waals surface area contributed by atoms with Crippen LogP contribution in [0.1, 0.15) is 68.6 Å². The number of hydrogen-bond donors (Lipinski definition) is 4. The Balaban J connectivity index is 1.13. The fraction of sp³-hybridized carbons (Fsp3) is 0.541. The van der Waals surface area contributed by atoms with Crippen LogP contribution in [0.4, 0.5) is 0 Å². The number of aliphatic imine (C=N–C) groups is 1. The Morgan fingerprint density at radius 3 is 2.20 bits per heavy atom. The fourth-order valence-corrected chi connectivity index (χ4v) is 6.38. The van der Waals surface area contributed by atoms with Gasteiger partial charge < -0.3 is 31.1 Å². The van der Waals surface area contributed by atoms with Crippen LogP contribution in [-0.2, 0) is 19.6 Å². The van der Waals surface area contributed by atoms with Gasteiger partial charge in [0.1, 0.15) is 11.7 Å². The molecule has 0 bridgehead atoms. The van der Waals surface area contributed by atoms with E-state index in [9.17, 15) is 0 Å². The van der Waals surface area contributed by atoms with Crippen LogP contribution in [0.25, 0.3) is 0 Å². The van der Waals surface area contributed by atoms with Gasteiger partial charge in [-0.05, 0) is 80.6 Å². The van der Waals surface area contributed by atoms with Gasteiger partial charge in [0.25, 0.3) is 0 Å². The third-order valence-electron chi connectivity index (χ3n) is 9.27. The number of likely N-dealkylation sites (N-methyl/N-ethyl adjacent to an activating group) is 1. The predicted octanol–water partition coefficient (Wildman–Crippen LogP) is 5.38. The zero-order chi connectivity index (χ0) is 30.4. The molecule has 1 atom stereocenters. The van der Waals surface area contributed by atoms with E-state index in [1.807, 2.05) is 0 Å². The molecule has 1 saturated carbocycles. The Kier molecular flexibility index (Phi) is 12.7. The van der Waals surface area contributed by atoms with E-state index in [-0.39, 0.29) is 0 Å². The smallest absolute Gasteiger partial charge is 0.130 e. The molecule has 0 aromatic heterocycles. The van der Waals surface area contributed by atoms with Crippen molar-refractivity contribution in [2.45, 2.75) is 77.5 Å². The lowest BCUT2D eigenvalue weighted by Gasteiger charge is -2.38. The molecule has 0 radical (unpaired) electrons. The summed E-state index contributed by atoms with van der Waals surface area (Å²) in [5, 5.41) is 14.6. The van der Waals surface area contributed by atoms with E-state index in [1.54, 1.807) is 0 Å². The molecule has 1 unspecified atom stereocenters. The van der Waals surface area contributed by atoms with Gasteiger partial charge in [-0.25, -0.2) is 4.99 Å². The zero-order valence-electron chi connectivity index (χ0n) is 27.2. The summed E-state index contributed by atoms with van der Waals surface area (Å²) in [5.41, 5.74) is 5.24. The summed E-state index contributed by atoms with van der Waals surface area (Å²) >= 11 is 0. The SMILES string of the molecule is CC1C/C=C(NCc2ccc(CNCCCNC3CCCCC3)cc2)/N=C(NCc2ccccc2)\C=C/1N1CCN(C)CC1. The highest BCUT2D eigenvalue weighted by Gasteiger charge is 2.22. The molecular formula is C37H55N7. The van der Waals surface area contributed by atoms with Crippen molar-refractivity contribution < 1.29 is 0 Å². The third-order valence-corrected chi connectivity index (χ3v) is 9.27. The molecule has 4 N–H and O–H groups in total. The maximum atomic E-state index is 5.10. The van der Waals surface area contributed by atoms with Crippen molar-refractivity contribution in [2.24, 2.45) is 10.9 Å². The Morgan fingerprint density at radius 2 is 1.45 bits per heavy atom. The Labute approximate surface area is 266 Å². The molecule has 238 valence electrons. The second kappa shape index (κ2) is 17.4. The third kappa shape index (κ3) is 10.5. The molecule has 1 aliphatic carbocycles. The van der Waals surface area contributed by atoms with Gasteiger partial charge in [0, 0.05) is 57.6 Å². The Hall–Kier alpha value is -3.13. The molecule has 2 aliphatic heterocycles. The second-order valence-corrected chi connectivity index (χ2v) is 12.9. The molecule has 0 amide bonds. The topological polar surface area (TPSA) is 67.0 Å². The van der Waals surface area contributed by atoms with Crippen LogP contribution >= 0.6 is 0 Å². The number of allylic oxidation sites excluding steroid dienone is 2. The summed E-state index contributed by atoms with van der Waals surface area (Å²) in [6, 6.07) is 20.3. The molecular weight excluding hydrogens is 542 g/mol. The minimum absolute atomic E-state index is 0.425. The van der Waals surface area contributed by atoms with Gasteiger partial charge in [0.2, 0.25) is 0 Å². The molecule has 5 rings (SSSR count). The lowest BCUT2D eigenvalue weighted by molar-refractivity contribution is 0.174. The van der Waals surface area contributed by atoms with Gasteiger partial charge in [-0.3, -0.25) is 0 Å². The summed E-state index contributed by atoms with van der Waals surface area (Å²) in [4.78, 5) is 10.1. The predicted molar refractivity (Wildman–Crippen MR) is 184 cm³/mol. The van der Waals surface area contributed by atoms with Crippen LogP contribution in [0, 0.1) is 5.92 Å². The van der Waals surface area contributed by atoms with Crippen molar-refractivity contribution >= 4 is 5.84 Å². The van der Waals surface area contributed by atoms with Gasteiger partial charge in [-0.15, -0.1) is 0 Å². The van der Waals surface area contributed by atoms with Crippen LogP contribution in [0.15, 0.2) is 83.3 Å². The molecule has 7 nitrogen and oxygen atoms in total. The number of rotatable bonds is 13. The standard InChI is InChI=1S/C37H55N7/c1-30-14-19-36(40-29-33-17-15-32(16-18-33)27-38-20-9-21-39-34-12-7-4-8-13-34)42-37(41-28-31-10-5-3-6-11-31)26-35(30)44-24-22-43(2)23-25-44/h3,5-6,10-11,15-19,26,30,34,38-40H,4,7-9,12-14,20-25,27-29H2,1-2H3,(H,41,42)/b35-26+,36-19+. The van der Waals surface area contributed by atoms with Crippen LogP contribution in [-0.4, -0.2) is 68.0 Å². The van der Waals surface area contributed by atoms with Crippen molar-refractivity contribution in [3.63, 3.8) is 0 Å². The number of nitrogens with one attached hydrogen (secondary N) is 4. The summed E-state index contributed by atoms with van der Waals surface area (Å²) in [6.07, 6.45) is 13.7. The van der Waals surface area contributed by atoms with Crippen molar-refractivity contribution in [3.05, 3.63) is 95.0 Å². The average Bonchev–Trinajstić information content (AvgIpc) is 3.06. The Bertz CT molecular complexity index is 1210. The van der Waals surface area contributed by atoms with Crippen molar-refractivity contribution in [1.82, 2.24) is 31.1 Å². The van der Waals surface area contributed by atoms with Gasteiger partial charge in [0.05, 0.1) is 0 Å². The van der Waals surface area contributed by atoms with E-state index in [0.29, 0.717) is 5.92 Å². The highest BCUT2D eigenvalue weighted by molar-refractivity contribution is 5.94. The van der Waals surface area contributed by atoms with E-state index in [4.69, 9.17) is 4.99 Å². The molecule has 2 aromatic carbocycles. The van der Waals surface area contributed by atoms with Gasteiger partial charge in [-0.1, -0.05) is 80.8 Å². The first-order valence-electron chi connectivity index (χ1n) is 17.1. The number of piperazine rings is 1.